The van der Waals surface area contributed by atoms with Crippen LogP contribution in [0.15, 0.2) is 102 Å². The summed E-state index contributed by atoms with van der Waals surface area (Å²) >= 11 is 19.3. The third kappa shape index (κ3) is 9.41. The number of carbonyl (C=O) groups is 2. The fourth-order valence-electron chi connectivity index (χ4n) is 4.92. The first-order valence-electron chi connectivity index (χ1n) is 15.0. The number of halogens is 3. The number of unbranched alkanes of at least 4 members (excludes halogenated alkanes) is 1. The summed E-state index contributed by atoms with van der Waals surface area (Å²) in [6.45, 7) is 1.65. The Labute approximate surface area is 291 Å². The summed E-state index contributed by atoms with van der Waals surface area (Å²) in [4.78, 5) is 29.7. The molecular formula is C35H36Cl3N3O5S. The molecule has 4 aromatic carbocycles. The normalized spacial score (nSPS) is 11.9. The first-order valence-corrected chi connectivity index (χ1v) is 17.6. The molecule has 0 fully saturated rings. The highest BCUT2D eigenvalue weighted by atomic mass is 35.5. The van der Waals surface area contributed by atoms with E-state index in [0.29, 0.717) is 32.9 Å². The molecule has 4 rings (SSSR count). The van der Waals surface area contributed by atoms with Gasteiger partial charge in [-0.3, -0.25) is 13.9 Å². The monoisotopic (exact) mass is 715 g/mol. The molecule has 1 atom stereocenters. The van der Waals surface area contributed by atoms with Crippen LogP contribution in [0.5, 0.6) is 5.75 Å². The zero-order valence-electron chi connectivity index (χ0n) is 26.0. The smallest absolute Gasteiger partial charge is 0.264 e. The number of nitrogens with zero attached hydrogens (tertiary/aromatic N) is 2. The van der Waals surface area contributed by atoms with E-state index in [1.165, 1.54) is 48.4 Å². The number of amides is 2. The Morgan fingerprint density at radius 1 is 0.851 bits per heavy atom. The molecule has 8 nitrogen and oxygen atoms in total. The van der Waals surface area contributed by atoms with Crippen LogP contribution in [0, 0.1) is 0 Å². The van der Waals surface area contributed by atoms with Crippen LogP contribution in [-0.4, -0.2) is 51.4 Å². The average Bonchev–Trinajstić information content (AvgIpc) is 3.07. The molecule has 1 N–H and O–H groups in total. The van der Waals surface area contributed by atoms with Crippen molar-refractivity contribution in [1.82, 2.24) is 10.2 Å². The Hall–Kier alpha value is -3.76. The largest absolute Gasteiger partial charge is 0.497 e. The van der Waals surface area contributed by atoms with Crippen molar-refractivity contribution in [1.29, 1.82) is 0 Å². The summed E-state index contributed by atoms with van der Waals surface area (Å²) in [6, 6.07) is 25.2. The maximum absolute atomic E-state index is 14.6. The predicted octanol–water partition coefficient (Wildman–Crippen LogP) is 7.41. The van der Waals surface area contributed by atoms with Gasteiger partial charge in [-0.1, -0.05) is 84.5 Å². The minimum atomic E-state index is -4.30. The number of rotatable bonds is 15. The number of ether oxygens (including phenoxy) is 1. The predicted molar refractivity (Wildman–Crippen MR) is 188 cm³/mol. The van der Waals surface area contributed by atoms with E-state index in [2.05, 4.69) is 5.32 Å². The molecule has 2 amide bonds. The average molecular weight is 717 g/mol. The van der Waals surface area contributed by atoms with Crippen LogP contribution < -0.4 is 14.4 Å². The van der Waals surface area contributed by atoms with Crippen LogP contribution >= 0.6 is 34.8 Å². The van der Waals surface area contributed by atoms with Gasteiger partial charge in [0.2, 0.25) is 11.8 Å². The molecule has 248 valence electrons. The zero-order chi connectivity index (χ0) is 34.0. The van der Waals surface area contributed by atoms with Gasteiger partial charge in [0.05, 0.1) is 17.7 Å². The first-order chi connectivity index (χ1) is 22.5. The van der Waals surface area contributed by atoms with Gasteiger partial charge in [-0.2, -0.15) is 0 Å². The lowest BCUT2D eigenvalue weighted by atomic mass is 10.0. The molecule has 0 bridgehead atoms. The SMILES string of the molecule is CCCCNC(=O)C(Cc1ccccc1)N(Cc1c(Cl)cccc1Cl)C(=O)CN(c1ccc(Cl)cc1)S(=O)(=O)c1ccc(OC)cc1. The van der Waals surface area contributed by atoms with Crippen molar-refractivity contribution in [2.45, 2.75) is 43.7 Å². The Balaban J connectivity index is 1.82. The van der Waals surface area contributed by atoms with Crippen molar-refractivity contribution in [3.8, 4) is 5.75 Å². The Bertz CT molecular complexity index is 1740. The zero-order valence-corrected chi connectivity index (χ0v) is 29.1. The Morgan fingerprint density at radius 3 is 2.09 bits per heavy atom. The van der Waals surface area contributed by atoms with Crippen molar-refractivity contribution >= 4 is 62.3 Å². The molecular weight excluding hydrogens is 681 g/mol. The topological polar surface area (TPSA) is 96.0 Å². The van der Waals surface area contributed by atoms with Gasteiger partial charge in [-0.15, -0.1) is 0 Å². The molecule has 47 heavy (non-hydrogen) atoms. The minimum Gasteiger partial charge on any atom is -0.497 e. The van der Waals surface area contributed by atoms with Crippen molar-refractivity contribution in [2.75, 3.05) is 24.5 Å². The van der Waals surface area contributed by atoms with Gasteiger partial charge in [0, 0.05) is 40.1 Å². The second-order valence-corrected chi connectivity index (χ2v) is 13.8. The lowest BCUT2D eigenvalue weighted by Crippen LogP contribution is -2.53. The number of anilines is 1. The van der Waals surface area contributed by atoms with Crippen LogP contribution in [0.4, 0.5) is 5.69 Å². The van der Waals surface area contributed by atoms with Gasteiger partial charge in [0.1, 0.15) is 18.3 Å². The lowest BCUT2D eigenvalue weighted by Gasteiger charge is -2.34. The summed E-state index contributed by atoms with van der Waals surface area (Å²) in [7, 11) is -2.82. The van der Waals surface area contributed by atoms with E-state index >= 15 is 0 Å². The van der Waals surface area contributed by atoms with Crippen molar-refractivity contribution in [3.63, 3.8) is 0 Å². The maximum Gasteiger partial charge on any atom is 0.264 e. The van der Waals surface area contributed by atoms with Gasteiger partial charge < -0.3 is 15.0 Å². The highest BCUT2D eigenvalue weighted by Gasteiger charge is 2.35. The summed E-state index contributed by atoms with van der Waals surface area (Å²) in [6.07, 6.45) is 1.78. The van der Waals surface area contributed by atoms with Crippen molar-refractivity contribution in [2.24, 2.45) is 0 Å². The molecule has 0 spiro atoms. The van der Waals surface area contributed by atoms with Crippen LogP contribution in [0.25, 0.3) is 0 Å². The van der Waals surface area contributed by atoms with Crippen LogP contribution in [0.1, 0.15) is 30.9 Å². The number of sulfonamides is 1. The summed E-state index contributed by atoms with van der Waals surface area (Å²) in [5.41, 5.74) is 1.45. The minimum absolute atomic E-state index is 0.0557. The van der Waals surface area contributed by atoms with Crippen LogP contribution in [0.2, 0.25) is 15.1 Å². The number of hydrogen-bond acceptors (Lipinski definition) is 5. The van der Waals surface area contributed by atoms with Crippen molar-refractivity contribution < 1.29 is 22.7 Å². The van der Waals surface area contributed by atoms with Gasteiger partial charge >= 0.3 is 0 Å². The fraction of sp³-hybridized carbons (Fsp3) is 0.257. The molecule has 0 heterocycles. The molecule has 0 saturated carbocycles. The second-order valence-electron chi connectivity index (χ2n) is 10.7. The summed E-state index contributed by atoms with van der Waals surface area (Å²) < 4.78 is 34.5. The second kappa shape index (κ2) is 16.9. The third-order valence-electron chi connectivity index (χ3n) is 7.53. The van der Waals surface area contributed by atoms with Crippen molar-refractivity contribution in [3.05, 3.63) is 123 Å². The van der Waals surface area contributed by atoms with E-state index in [-0.39, 0.29) is 29.5 Å². The molecule has 12 heteroatoms. The molecule has 1 unspecified atom stereocenters. The molecule has 0 aliphatic carbocycles. The number of methoxy groups -OCH3 is 1. The third-order valence-corrected chi connectivity index (χ3v) is 10.3. The van der Waals surface area contributed by atoms with E-state index in [9.17, 15) is 18.0 Å². The highest BCUT2D eigenvalue weighted by Crippen LogP contribution is 2.30. The van der Waals surface area contributed by atoms with Crippen LogP contribution in [-0.2, 0) is 32.6 Å². The van der Waals surface area contributed by atoms with E-state index in [1.54, 1.807) is 30.3 Å². The van der Waals surface area contributed by atoms with Crippen LogP contribution in [0.3, 0.4) is 0 Å². The Morgan fingerprint density at radius 2 is 1.49 bits per heavy atom. The highest BCUT2D eigenvalue weighted by molar-refractivity contribution is 7.92. The number of nitrogens with one attached hydrogen (secondary N) is 1. The molecule has 4 aromatic rings. The van der Waals surface area contributed by atoms with E-state index in [1.807, 2.05) is 37.3 Å². The summed E-state index contributed by atoms with van der Waals surface area (Å²) in [5.74, 6) is -0.548. The van der Waals surface area contributed by atoms with Gasteiger partial charge in [-0.25, -0.2) is 8.42 Å². The molecule has 0 aliphatic rings. The molecule has 0 aliphatic heterocycles. The number of benzene rings is 4. The maximum atomic E-state index is 14.6. The number of hydrogen-bond donors (Lipinski definition) is 1. The molecule has 0 aromatic heterocycles. The standard InChI is InChI=1S/C35H36Cl3N3O5S/c1-3-4-21-39-35(43)33(22-25-9-6-5-7-10-25)40(23-30-31(37)11-8-12-32(30)38)34(42)24-41(27-15-13-26(36)14-16-27)47(44,45)29-19-17-28(46-2)18-20-29/h5-20,33H,3-4,21-24H2,1-2H3,(H,39,43). The Kier molecular flexibility index (Phi) is 13.0. The first kappa shape index (κ1) is 36.1. The number of carbonyl (C=O) groups excluding carboxylic acids is 2. The van der Waals surface area contributed by atoms with Gasteiger partial charge in [0.15, 0.2) is 0 Å². The van der Waals surface area contributed by atoms with Gasteiger partial charge in [0.25, 0.3) is 10.0 Å². The summed E-state index contributed by atoms with van der Waals surface area (Å²) in [5, 5.41) is 3.96. The quantitative estimate of drug-likeness (QED) is 0.129. The van der Waals surface area contributed by atoms with E-state index in [4.69, 9.17) is 39.5 Å². The van der Waals surface area contributed by atoms with E-state index < -0.39 is 28.5 Å². The lowest BCUT2D eigenvalue weighted by molar-refractivity contribution is -0.140. The molecule has 0 saturated heterocycles. The molecule has 0 radical (unpaired) electrons. The van der Waals surface area contributed by atoms with Gasteiger partial charge in [-0.05, 0) is 72.6 Å². The van der Waals surface area contributed by atoms with E-state index in [0.717, 1.165) is 22.7 Å². The fourth-order valence-corrected chi connectivity index (χ4v) is 6.98.